The van der Waals surface area contributed by atoms with E-state index in [1.165, 1.54) is 29.0 Å². The number of hydrogen-bond acceptors (Lipinski definition) is 4. The number of thiazole rings is 1. The summed E-state index contributed by atoms with van der Waals surface area (Å²) in [7, 11) is 0. The molecule has 1 fully saturated rings. The van der Waals surface area contributed by atoms with Gasteiger partial charge >= 0.3 is 0 Å². The maximum Gasteiger partial charge on any atom is 0.140 e. The zero-order valence-corrected chi connectivity index (χ0v) is 13.5. The number of ether oxygens (including phenoxy) is 1. The van der Waals surface area contributed by atoms with Crippen molar-refractivity contribution >= 4 is 11.3 Å². The number of benzene rings is 1. The number of nitrogens with two attached hydrogens (primary N) is 1. The molecule has 0 radical (unpaired) electrons. The van der Waals surface area contributed by atoms with E-state index in [0.717, 1.165) is 10.8 Å². The van der Waals surface area contributed by atoms with Crippen LogP contribution in [0, 0.1) is 0 Å². The number of para-hydroxylation sites is 1. The number of hydrogen-bond donors (Lipinski definition) is 1. The summed E-state index contributed by atoms with van der Waals surface area (Å²) < 4.78 is 6.00. The van der Waals surface area contributed by atoms with Gasteiger partial charge in [-0.2, -0.15) is 0 Å². The molecule has 112 valence electrons. The van der Waals surface area contributed by atoms with E-state index in [2.05, 4.69) is 26.0 Å². The first-order valence-electron chi connectivity index (χ1n) is 7.59. The average molecular weight is 302 g/mol. The molecule has 1 aromatic heterocycles. The lowest BCUT2D eigenvalue weighted by Gasteiger charge is -2.12. The smallest absolute Gasteiger partial charge is 0.140 e. The Morgan fingerprint density at radius 2 is 2.10 bits per heavy atom. The normalized spacial score (nSPS) is 14.7. The third kappa shape index (κ3) is 3.27. The quantitative estimate of drug-likeness (QED) is 0.870. The van der Waals surface area contributed by atoms with Gasteiger partial charge in [0.05, 0.1) is 5.69 Å². The van der Waals surface area contributed by atoms with Gasteiger partial charge in [-0.25, -0.2) is 4.98 Å². The second kappa shape index (κ2) is 6.16. The zero-order chi connectivity index (χ0) is 14.8. The Labute approximate surface area is 130 Å². The molecule has 1 heterocycles. The van der Waals surface area contributed by atoms with E-state index < -0.39 is 0 Å². The van der Waals surface area contributed by atoms with E-state index in [1.54, 1.807) is 11.3 Å². The van der Waals surface area contributed by atoms with Crippen LogP contribution in [-0.2, 0) is 13.2 Å². The molecule has 1 aliphatic rings. The minimum atomic E-state index is 0.458. The highest BCUT2D eigenvalue weighted by Gasteiger charge is 2.29. The summed E-state index contributed by atoms with van der Waals surface area (Å²) in [6, 6.07) is 8.24. The molecule has 0 unspecified atom stereocenters. The Morgan fingerprint density at radius 1 is 1.33 bits per heavy atom. The van der Waals surface area contributed by atoms with Gasteiger partial charge in [0, 0.05) is 17.3 Å². The molecule has 1 aliphatic carbocycles. The summed E-state index contributed by atoms with van der Waals surface area (Å²) in [6.45, 7) is 5.49. The van der Waals surface area contributed by atoms with E-state index in [1.807, 2.05) is 12.1 Å². The lowest BCUT2D eigenvalue weighted by atomic mass is 10.0. The van der Waals surface area contributed by atoms with Gasteiger partial charge in [0.15, 0.2) is 0 Å². The Bertz CT molecular complexity index is 617. The largest absolute Gasteiger partial charge is 0.486 e. The first-order valence-corrected chi connectivity index (χ1v) is 8.41. The van der Waals surface area contributed by atoms with Crippen LogP contribution in [0.1, 0.15) is 59.7 Å². The molecule has 0 spiro atoms. The van der Waals surface area contributed by atoms with Crippen LogP contribution in [0.25, 0.3) is 0 Å². The first kappa shape index (κ1) is 14.5. The van der Waals surface area contributed by atoms with Crippen molar-refractivity contribution in [1.82, 2.24) is 4.98 Å². The summed E-state index contributed by atoms with van der Waals surface area (Å²) in [4.78, 5) is 5.98. The minimum Gasteiger partial charge on any atom is -0.486 e. The van der Waals surface area contributed by atoms with Gasteiger partial charge in [-0.1, -0.05) is 32.0 Å². The standard InChI is InChI=1S/C17H22N2OS/c1-11(2)13-5-3-4-6-14(13)20-10-16-19-17(12-7-8-12)15(9-18)21-16/h3-6,11-12H,7-10,18H2,1-2H3. The molecule has 3 rings (SSSR count). The maximum atomic E-state index is 6.00. The predicted octanol–water partition coefficient (Wildman–Crippen LogP) is 4.18. The Balaban J connectivity index is 1.73. The van der Waals surface area contributed by atoms with E-state index in [0.29, 0.717) is 25.0 Å². The van der Waals surface area contributed by atoms with Crippen LogP contribution in [0.5, 0.6) is 5.75 Å². The summed E-state index contributed by atoms with van der Waals surface area (Å²) in [6.07, 6.45) is 2.51. The predicted molar refractivity (Wildman–Crippen MR) is 86.8 cm³/mol. The van der Waals surface area contributed by atoms with E-state index >= 15 is 0 Å². The van der Waals surface area contributed by atoms with Crippen molar-refractivity contribution in [3.63, 3.8) is 0 Å². The molecule has 0 saturated heterocycles. The molecule has 0 amide bonds. The fourth-order valence-corrected chi connectivity index (χ4v) is 3.47. The average Bonchev–Trinajstić information content (AvgIpc) is 3.25. The lowest BCUT2D eigenvalue weighted by molar-refractivity contribution is 0.301. The molecular formula is C17H22N2OS. The Hall–Kier alpha value is -1.39. The van der Waals surface area contributed by atoms with Crippen molar-refractivity contribution < 1.29 is 4.74 Å². The highest BCUT2D eigenvalue weighted by molar-refractivity contribution is 7.11. The molecule has 0 atom stereocenters. The molecule has 21 heavy (non-hydrogen) atoms. The molecule has 0 bridgehead atoms. The Morgan fingerprint density at radius 3 is 2.76 bits per heavy atom. The molecular weight excluding hydrogens is 280 g/mol. The third-order valence-corrected chi connectivity index (χ3v) is 4.88. The number of aromatic nitrogens is 1. The van der Waals surface area contributed by atoms with Crippen molar-refractivity contribution in [2.24, 2.45) is 5.73 Å². The second-order valence-corrected chi connectivity index (χ2v) is 7.04. The second-order valence-electron chi connectivity index (χ2n) is 5.88. The monoisotopic (exact) mass is 302 g/mol. The van der Waals surface area contributed by atoms with Gasteiger partial charge in [0.1, 0.15) is 17.4 Å². The molecule has 1 saturated carbocycles. The highest BCUT2D eigenvalue weighted by Crippen LogP contribution is 2.42. The van der Waals surface area contributed by atoms with Crippen molar-refractivity contribution in [2.75, 3.05) is 0 Å². The van der Waals surface area contributed by atoms with Gasteiger partial charge in [-0.15, -0.1) is 11.3 Å². The van der Waals surface area contributed by atoms with E-state index in [4.69, 9.17) is 15.5 Å². The van der Waals surface area contributed by atoms with Crippen molar-refractivity contribution in [2.45, 2.75) is 51.7 Å². The van der Waals surface area contributed by atoms with Crippen LogP contribution >= 0.6 is 11.3 Å². The van der Waals surface area contributed by atoms with Gasteiger partial charge in [0.25, 0.3) is 0 Å². The van der Waals surface area contributed by atoms with Gasteiger partial charge in [-0.3, -0.25) is 0 Å². The topological polar surface area (TPSA) is 48.1 Å². The molecule has 2 aromatic rings. The fourth-order valence-electron chi connectivity index (χ4n) is 2.53. The molecule has 1 aromatic carbocycles. The van der Waals surface area contributed by atoms with Crippen LogP contribution in [0.3, 0.4) is 0 Å². The fraction of sp³-hybridized carbons (Fsp3) is 0.471. The minimum absolute atomic E-state index is 0.458. The number of rotatable bonds is 6. The highest BCUT2D eigenvalue weighted by atomic mass is 32.1. The van der Waals surface area contributed by atoms with Crippen LogP contribution in [-0.4, -0.2) is 4.98 Å². The molecule has 4 heteroatoms. The van der Waals surface area contributed by atoms with Gasteiger partial charge in [0.2, 0.25) is 0 Å². The zero-order valence-electron chi connectivity index (χ0n) is 12.6. The van der Waals surface area contributed by atoms with Gasteiger partial charge < -0.3 is 10.5 Å². The Kier molecular flexibility index (Phi) is 4.27. The molecule has 0 aliphatic heterocycles. The van der Waals surface area contributed by atoms with Crippen LogP contribution < -0.4 is 10.5 Å². The van der Waals surface area contributed by atoms with Crippen LogP contribution in [0.4, 0.5) is 0 Å². The summed E-state index contributed by atoms with van der Waals surface area (Å²) >= 11 is 1.70. The van der Waals surface area contributed by atoms with Crippen molar-refractivity contribution in [3.05, 3.63) is 45.4 Å². The summed E-state index contributed by atoms with van der Waals surface area (Å²) in [5, 5.41) is 1.04. The van der Waals surface area contributed by atoms with Gasteiger partial charge in [-0.05, 0) is 30.4 Å². The first-order chi connectivity index (χ1) is 10.2. The maximum absolute atomic E-state index is 6.00. The van der Waals surface area contributed by atoms with E-state index in [-0.39, 0.29) is 0 Å². The molecule has 2 N–H and O–H groups in total. The molecule has 3 nitrogen and oxygen atoms in total. The number of nitrogens with zero attached hydrogens (tertiary/aromatic N) is 1. The van der Waals surface area contributed by atoms with Crippen molar-refractivity contribution in [3.8, 4) is 5.75 Å². The third-order valence-electron chi connectivity index (χ3n) is 3.81. The summed E-state index contributed by atoms with van der Waals surface area (Å²) in [5.41, 5.74) is 8.30. The van der Waals surface area contributed by atoms with Crippen LogP contribution in [0.15, 0.2) is 24.3 Å². The SMILES string of the molecule is CC(C)c1ccccc1OCc1nc(C2CC2)c(CN)s1. The lowest BCUT2D eigenvalue weighted by Crippen LogP contribution is -1.99. The van der Waals surface area contributed by atoms with E-state index in [9.17, 15) is 0 Å². The van der Waals surface area contributed by atoms with Crippen molar-refractivity contribution in [1.29, 1.82) is 0 Å². The van der Waals surface area contributed by atoms with Crippen LogP contribution in [0.2, 0.25) is 0 Å². The summed E-state index contributed by atoms with van der Waals surface area (Å²) in [5.74, 6) is 2.07.